The Morgan fingerprint density at radius 1 is 1.19 bits per heavy atom. The Labute approximate surface area is 182 Å². The number of hydrogen-bond acceptors (Lipinski definition) is 7. The van der Waals surface area contributed by atoms with E-state index in [1.54, 1.807) is 12.0 Å². The molecule has 1 aliphatic heterocycles. The Bertz CT molecular complexity index is 1260. The van der Waals surface area contributed by atoms with Crippen LogP contribution in [0, 0.1) is 5.82 Å². The maximum Gasteiger partial charge on any atom is 0.256 e. The zero-order chi connectivity index (χ0) is 22.1. The summed E-state index contributed by atoms with van der Waals surface area (Å²) in [5, 5.41) is 12.2. The fraction of sp³-hybridized carbons (Fsp3) is 0.227. The zero-order valence-electron chi connectivity index (χ0n) is 17.2. The predicted octanol–water partition coefficient (Wildman–Crippen LogP) is 3.44. The van der Waals surface area contributed by atoms with Crippen molar-refractivity contribution < 1.29 is 18.4 Å². The first-order valence-corrected chi connectivity index (χ1v) is 10.1. The van der Waals surface area contributed by atoms with Gasteiger partial charge >= 0.3 is 0 Å². The van der Waals surface area contributed by atoms with Crippen molar-refractivity contribution in [2.45, 2.75) is 18.9 Å². The topological polar surface area (TPSA) is 99.2 Å². The van der Waals surface area contributed by atoms with E-state index in [1.165, 1.54) is 35.4 Å². The SMILES string of the molecule is COc1ccccc1-c1noc(C2CCCN2C(=O)c2cc(F)ccc2-n2nccn2)n1. The normalized spacial score (nSPS) is 15.8. The van der Waals surface area contributed by atoms with E-state index in [9.17, 15) is 9.18 Å². The molecule has 1 unspecified atom stereocenters. The Balaban J connectivity index is 1.47. The van der Waals surface area contributed by atoms with Crippen molar-refractivity contribution in [1.29, 1.82) is 0 Å². The Kier molecular flexibility index (Phi) is 5.10. The van der Waals surface area contributed by atoms with Crippen LogP contribution in [0.15, 0.2) is 59.4 Å². The molecule has 32 heavy (non-hydrogen) atoms. The van der Waals surface area contributed by atoms with Crippen molar-refractivity contribution in [2.24, 2.45) is 0 Å². The lowest BCUT2D eigenvalue weighted by Gasteiger charge is -2.23. The van der Waals surface area contributed by atoms with Crippen molar-refractivity contribution in [3.8, 4) is 22.8 Å². The molecule has 0 N–H and O–H groups in total. The third kappa shape index (κ3) is 3.49. The summed E-state index contributed by atoms with van der Waals surface area (Å²) >= 11 is 0. The number of aromatic nitrogens is 5. The second kappa shape index (κ2) is 8.22. The van der Waals surface area contributed by atoms with Crippen molar-refractivity contribution in [1.82, 2.24) is 30.0 Å². The van der Waals surface area contributed by atoms with Gasteiger partial charge in [0.05, 0.1) is 36.3 Å². The van der Waals surface area contributed by atoms with E-state index in [1.807, 2.05) is 24.3 Å². The molecule has 0 aliphatic carbocycles. The van der Waals surface area contributed by atoms with E-state index >= 15 is 0 Å². The molecule has 4 aromatic rings. The fourth-order valence-corrected chi connectivity index (χ4v) is 3.92. The Hall–Kier alpha value is -4.08. The van der Waals surface area contributed by atoms with Crippen LogP contribution in [0.1, 0.15) is 35.1 Å². The fourth-order valence-electron chi connectivity index (χ4n) is 3.92. The quantitative estimate of drug-likeness (QED) is 0.474. The molecule has 0 radical (unpaired) electrons. The van der Waals surface area contributed by atoms with Crippen LogP contribution in [-0.2, 0) is 0 Å². The highest BCUT2D eigenvalue weighted by Crippen LogP contribution is 2.35. The molecule has 9 nitrogen and oxygen atoms in total. The minimum Gasteiger partial charge on any atom is -0.496 e. The summed E-state index contributed by atoms with van der Waals surface area (Å²) in [4.78, 5) is 20.9. The van der Waals surface area contributed by atoms with Gasteiger partial charge in [0.25, 0.3) is 5.91 Å². The van der Waals surface area contributed by atoms with Crippen LogP contribution in [0.4, 0.5) is 4.39 Å². The molecule has 0 saturated carbocycles. The van der Waals surface area contributed by atoms with Gasteiger partial charge in [-0.2, -0.15) is 20.0 Å². The van der Waals surface area contributed by atoms with Crippen LogP contribution in [0.3, 0.4) is 0 Å². The average Bonchev–Trinajstić information content (AvgIpc) is 3.59. The number of para-hydroxylation sites is 1. The summed E-state index contributed by atoms with van der Waals surface area (Å²) in [6.07, 6.45) is 4.40. The van der Waals surface area contributed by atoms with E-state index in [4.69, 9.17) is 9.26 Å². The molecule has 1 saturated heterocycles. The highest BCUT2D eigenvalue weighted by molar-refractivity contribution is 5.98. The monoisotopic (exact) mass is 434 g/mol. The van der Waals surface area contributed by atoms with Gasteiger partial charge in [0.15, 0.2) is 0 Å². The van der Waals surface area contributed by atoms with Gasteiger partial charge in [-0.15, -0.1) is 0 Å². The van der Waals surface area contributed by atoms with Gasteiger partial charge in [-0.1, -0.05) is 17.3 Å². The van der Waals surface area contributed by atoms with Gasteiger partial charge in [-0.3, -0.25) is 4.79 Å². The molecule has 0 spiro atoms. The van der Waals surface area contributed by atoms with Gasteiger partial charge in [0.1, 0.15) is 17.6 Å². The predicted molar refractivity (Wildman–Crippen MR) is 111 cm³/mol. The van der Waals surface area contributed by atoms with Gasteiger partial charge < -0.3 is 14.2 Å². The summed E-state index contributed by atoms with van der Waals surface area (Å²) in [5.74, 6) is 0.457. The van der Waals surface area contributed by atoms with Crippen LogP contribution in [0.25, 0.3) is 17.1 Å². The molecule has 2 aromatic heterocycles. The summed E-state index contributed by atoms with van der Waals surface area (Å²) in [6, 6.07) is 10.9. The summed E-state index contributed by atoms with van der Waals surface area (Å²) in [6.45, 7) is 0.484. The van der Waals surface area contributed by atoms with Crippen LogP contribution in [0.5, 0.6) is 5.75 Å². The van der Waals surface area contributed by atoms with Gasteiger partial charge in [-0.25, -0.2) is 4.39 Å². The van der Waals surface area contributed by atoms with E-state index in [0.29, 0.717) is 41.7 Å². The standard InChI is InChI=1S/C22H19FN6O3/c1-31-19-7-3-2-5-15(19)20-26-21(32-27-20)18-6-4-12-28(18)22(30)16-13-14(23)8-9-17(16)29-24-10-11-25-29/h2-3,5,7-11,13,18H,4,6,12H2,1H3. The largest absolute Gasteiger partial charge is 0.496 e. The third-order valence-electron chi connectivity index (χ3n) is 5.41. The molecule has 10 heteroatoms. The second-order valence-corrected chi connectivity index (χ2v) is 7.29. The van der Waals surface area contributed by atoms with Crippen LogP contribution < -0.4 is 4.74 Å². The first-order chi connectivity index (χ1) is 15.7. The minimum absolute atomic E-state index is 0.164. The molecule has 162 valence electrons. The number of nitrogens with zero attached hydrogens (tertiary/aromatic N) is 6. The van der Waals surface area contributed by atoms with Crippen molar-refractivity contribution in [2.75, 3.05) is 13.7 Å². The highest BCUT2D eigenvalue weighted by Gasteiger charge is 2.36. The number of likely N-dealkylation sites (tertiary alicyclic amines) is 1. The van der Waals surface area contributed by atoms with E-state index in [2.05, 4.69) is 20.3 Å². The number of ether oxygens (including phenoxy) is 1. The Morgan fingerprint density at radius 2 is 2.00 bits per heavy atom. The number of hydrogen-bond donors (Lipinski definition) is 0. The highest BCUT2D eigenvalue weighted by atomic mass is 19.1. The molecule has 5 rings (SSSR count). The summed E-state index contributed by atoms with van der Waals surface area (Å²) in [7, 11) is 1.57. The number of carbonyl (C=O) groups is 1. The van der Waals surface area contributed by atoms with Crippen molar-refractivity contribution in [3.63, 3.8) is 0 Å². The molecule has 3 heterocycles. The third-order valence-corrected chi connectivity index (χ3v) is 5.41. The lowest BCUT2D eigenvalue weighted by atomic mass is 10.1. The molecular formula is C22H19FN6O3. The molecule has 1 amide bonds. The number of carbonyl (C=O) groups excluding carboxylic acids is 1. The average molecular weight is 434 g/mol. The second-order valence-electron chi connectivity index (χ2n) is 7.29. The van der Waals surface area contributed by atoms with Gasteiger partial charge in [0, 0.05) is 6.54 Å². The maximum absolute atomic E-state index is 14.0. The molecule has 0 bridgehead atoms. The Morgan fingerprint density at radius 3 is 2.81 bits per heavy atom. The van der Waals surface area contributed by atoms with Gasteiger partial charge in [-0.05, 0) is 43.2 Å². The summed E-state index contributed by atoms with van der Waals surface area (Å²) in [5.41, 5.74) is 1.25. The number of amides is 1. The first kappa shape index (κ1) is 19.9. The molecular weight excluding hydrogens is 415 g/mol. The van der Waals surface area contributed by atoms with E-state index < -0.39 is 11.9 Å². The minimum atomic E-state index is -0.517. The van der Waals surface area contributed by atoms with Gasteiger partial charge in [0.2, 0.25) is 11.7 Å². The van der Waals surface area contributed by atoms with Crippen LogP contribution in [0.2, 0.25) is 0 Å². The first-order valence-electron chi connectivity index (χ1n) is 10.1. The van der Waals surface area contributed by atoms with E-state index in [-0.39, 0.29) is 11.5 Å². The molecule has 1 aliphatic rings. The lowest BCUT2D eigenvalue weighted by Crippen LogP contribution is -2.31. The smallest absolute Gasteiger partial charge is 0.256 e. The molecule has 2 aromatic carbocycles. The van der Waals surface area contributed by atoms with Crippen molar-refractivity contribution >= 4 is 5.91 Å². The maximum atomic E-state index is 14.0. The lowest BCUT2D eigenvalue weighted by molar-refractivity contribution is 0.0709. The summed E-state index contributed by atoms with van der Waals surface area (Å²) < 4.78 is 25.0. The number of halogens is 1. The number of benzene rings is 2. The number of methoxy groups -OCH3 is 1. The zero-order valence-corrected chi connectivity index (χ0v) is 17.2. The van der Waals surface area contributed by atoms with Crippen molar-refractivity contribution in [3.05, 3.63) is 72.1 Å². The number of rotatable bonds is 5. The van der Waals surface area contributed by atoms with Crippen LogP contribution in [-0.4, -0.2) is 49.6 Å². The van der Waals surface area contributed by atoms with Crippen LogP contribution >= 0.6 is 0 Å². The molecule has 1 atom stereocenters. The van der Waals surface area contributed by atoms with E-state index in [0.717, 1.165) is 6.42 Å². The molecule has 1 fully saturated rings.